The second-order valence-corrected chi connectivity index (χ2v) is 4.18. The minimum absolute atomic E-state index is 0.0405. The van der Waals surface area contributed by atoms with Crippen LogP contribution >= 0.6 is 11.8 Å². The van der Waals surface area contributed by atoms with Gasteiger partial charge < -0.3 is 10.8 Å². The predicted octanol–water partition coefficient (Wildman–Crippen LogP) is 0.773. The number of allylic oxidation sites excluding steroid dienone is 1. The van der Waals surface area contributed by atoms with Gasteiger partial charge in [-0.3, -0.25) is 9.36 Å². The maximum absolute atomic E-state index is 11.6. The van der Waals surface area contributed by atoms with Crippen molar-refractivity contribution in [2.75, 3.05) is 0 Å². The molecule has 0 aromatic carbocycles. The van der Waals surface area contributed by atoms with Crippen molar-refractivity contribution in [3.8, 4) is 0 Å². The molecule has 0 fully saturated rings. The van der Waals surface area contributed by atoms with Crippen molar-refractivity contribution < 1.29 is 14.7 Å². The quantitative estimate of drug-likeness (QED) is 0.736. The van der Waals surface area contributed by atoms with Gasteiger partial charge in [0.25, 0.3) is 5.91 Å². The molecule has 0 amide bonds. The third kappa shape index (κ3) is 1.69. The van der Waals surface area contributed by atoms with Crippen LogP contribution in [0, 0.1) is 0 Å². The van der Waals surface area contributed by atoms with E-state index in [4.69, 9.17) is 10.8 Å². The van der Waals surface area contributed by atoms with Gasteiger partial charge in [0, 0.05) is 6.08 Å². The Morgan fingerprint density at radius 1 is 1.53 bits per heavy atom. The number of thioether (sulfide) groups is 1. The van der Waals surface area contributed by atoms with Gasteiger partial charge in [-0.15, -0.1) is 0 Å². The van der Waals surface area contributed by atoms with E-state index in [1.54, 1.807) is 12.1 Å². The fraction of sp³-hybridized carbons (Fsp3) is 0.111. The van der Waals surface area contributed by atoms with E-state index in [1.165, 1.54) is 23.9 Å². The topological polar surface area (TPSA) is 85.3 Å². The maximum Gasteiger partial charge on any atom is 0.352 e. The van der Waals surface area contributed by atoms with Crippen LogP contribution in [0.1, 0.15) is 15.3 Å². The van der Waals surface area contributed by atoms with Gasteiger partial charge in [-0.05, 0) is 12.1 Å². The molecule has 0 radical (unpaired) electrons. The Labute approximate surface area is 89.6 Å². The monoisotopic (exact) mass is 224 g/mol. The van der Waals surface area contributed by atoms with Crippen LogP contribution in [0.15, 0.2) is 29.3 Å². The van der Waals surface area contributed by atoms with Crippen LogP contribution in [-0.4, -0.2) is 26.9 Å². The molecule has 0 bridgehead atoms. The first-order chi connectivity index (χ1) is 7.09. The molecule has 6 heteroatoms. The molecule has 5 nitrogen and oxygen atoms in total. The van der Waals surface area contributed by atoms with E-state index in [0.29, 0.717) is 5.03 Å². The summed E-state index contributed by atoms with van der Waals surface area (Å²) in [6, 6.07) is 2.98. The van der Waals surface area contributed by atoms with Crippen molar-refractivity contribution in [1.29, 1.82) is 0 Å². The molecule has 0 spiro atoms. The highest BCUT2D eigenvalue weighted by Gasteiger charge is 2.21. The molecule has 3 N–H and O–H groups in total. The van der Waals surface area contributed by atoms with Gasteiger partial charge in [-0.2, -0.15) is 0 Å². The number of aromatic nitrogens is 1. The number of aromatic carboxylic acids is 1. The van der Waals surface area contributed by atoms with Gasteiger partial charge in [-0.1, -0.05) is 17.8 Å². The molecule has 15 heavy (non-hydrogen) atoms. The second-order valence-electron chi connectivity index (χ2n) is 2.98. The van der Waals surface area contributed by atoms with E-state index in [1.807, 2.05) is 0 Å². The molecule has 1 atom stereocenters. The number of fused-ring (bicyclic) bond motifs is 1. The lowest BCUT2D eigenvalue weighted by molar-refractivity contribution is 0.0675. The van der Waals surface area contributed by atoms with Gasteiger partial charge >= 0.3 is 5.97 Å². The van der Waals surface area contributed by atoms with E-state index in [9.17, 15) is 9.59 Å². The van der Waals surface area contributed by atoms with Crippen LogP contribution in [0.4, 0.5) is 0 Å². The fourth-order valence-corrected chi connectivity index (χ4v) is 2.21. The molecule has 78 valence electrons. The standard InChI is InChI=1S/C9H8N2O3S/c10-6-2-3-7(12)11-5(9(13)14)1-4-8(11)15-6/h1-4,6H,10H2,(H,13,14). The molecule has 0 saturated heterocycles. The summed E-state index contributed by atoms with van der Waals surface area (Å²) in [5.74, 6) is -1.51. The summed E-state index contributed by atoms with van der Waals surface area (Å²) < 4.78 is 1.15. The van der Waals surface area contributed by atoms with Gasteiger partial charge in [0.05, 0.1) is 10.4 Å². The molecule has 2 heterocycles. The van der Waals surface area contributed by atoms with Gasteiger partial charge in [0.1, 0.15) is 5.69 Å². The summed E-state index contributed by atoms with van der Waals surface area (Å²) in [5, 5.41) is 9.09. The van der Waals surface area contributed by atoms with Crippen LogP contribution in [0.2, 0.25) is 0 Å². The van der Waals surface area contributed by atoms with Crippen molar-refractivity contribution in [2.45, 2.75) is 10.4 Å². The molecule has 0 aliphatic carbocycles. The first kappa shape index (κ1) is 10.0. The molecule has 2 rings (SSSR count). The Balaban J connectivity index is 2.57. The molecule has 1 aliphatic rings. The Hall–Kier alpha value is -1.53. The van der Waals surface area contributed by atoms with Crippen LogP contribution in [-0.2, 0) is 0 Å². The number of hydrogen-bond acceptors (Lipinski definition) is 4. The summed E-state index contributed by atoms with van der Waals surface area (Å²) >= 11 is 1.24. The van der Waals surface area contributed by atoms with Crippen LogP contribution in [0.3, 0.4) is 0 Å². The van der Waals surface area contributed by atoms with Crippen molar-refractivity contribution in [3.05, 3.63) is 30.0 Å². The number of nitrogens with zero attached hydrogens (tertiary/aromatic N) is 1. The molecular formula is C9H8N2O3S. The minimum Gasteiger partial charge on any atom is -0.477 e. The Bertz CT molecular complexity index is 464. The van der Waals surface area contributed by atoms with Gasteiger partial charge in [0.2, 0.25) is 0 Å². The van der Waals surface area contributed by atoms with Crippen LogP contribution < -0.4 is 5.73 Å². The lowest BCUT2D eigenvalue weighted by atomic mass is 10.4. The molecular weight excluding hydrogens is 216 g/mol. The Morgan fingerprint density at radius 2 is 2.27 bits per heavy atom. The first-order valence-corrected chi connectivity index (χ1v) is 5.07. The lowest BCUT2D eigenvalue weighted by Gasteiger charge is -2.05. The van der Waals surface area contributed by atoms with Gasteiger partial charge in [-0.25, -0.2) is 4.79 Å². The zero-order valence-electron chi connectivity index (χ0n) is 7.58. The number of hydrogen-bond donors (Lipinski definition) is 2. The molecule has 1 aliphatic heterocycles. The first-order valence-electron chi connectivity index (χ1n) is 4.19. The summed E-state index contributed by atoms with van der Waals surface area (Å²) in [4.78, 5) is 22.4. The minimum atomic E-state index is -1.13. The SMILES string of the molecule is NC1C=CC(=O)n2c(ccc2C(=O)O)S1. The van der Waals surface area contributed by atoms with E-state index >= 15 is 0 Å². The highest BCUT2D eigenvalue weighted by Crippen LogP contribution is 2.26. The number of nitrogens with two attached hydrogens (primary N) is 1. The summed E-state index contributed by atoms with van der Waals surface area (Å²) in [7, 11) is 0. The normalized spacial score (nSPS) is 19.8. The second kappa shape index (κ2) is 3.56. The summed E-state index contributed by atoms with van der Waals surface area (Å²) in [6.45, 7) is 0. The van der Waals surface area contributed by atoms with Gasteiger partial charge in [0.15, 0.2) is 0 Å². The number of carbonyl (C=O) groups is 2. The smallest absolute Gasteiger partial charge is 0.352 e. The number of rotatable bonds is 1. The molecule has 0 saturated carbocycles. The Morgan fingerprint density at radius 3 is 2.93 bits per heavy atom. The molecule has 1 aromatic heterocycles. The largest absolute Gasteiger partial charge is 0.477 e. The van der Waals surface area contributed by atoms with Crippen LogP contribution in [0.5, 0.6) is 0 Å². The highest BCUT2D eigenvalue weighted by atomic mass is 32.2. The van der Waals surface area contributed by atoms with E-state index in [-0.39, 0.29) is 17.0 Å². The number of carboxylic acid groups (broad SMARTS) is 1. The zero-order chi connectivity index (χ0) is 11.0. The zero-order valence-corrected chi connectivity index (χ0v) is 8.40. The van der Waals surface area contributed by atoms with Crippen molar-refractivity contribution in [3.63, 3.8) is 0 Å². The molecule has 1 aromatic rings. The average Bonchev–Trinajstić information content (AvgIpc) is 2.52. The fourth-order valence-electron chi connectivity index (χ4n) is 1.33. The van der Waals surface area contributed by atoms with Crippen molar-refractivity contribution in [2.24, 2.45) is 5.73 Å². The van der Waals surface area contributed by atoms with E-state index in [0.717, 1.165) is 4.57 Å². The summed E-state index contributed by atoms with van der Waals surface area (Å²) in [5.41, 5.74) is 5.62. The highest BCUT2D eigenvalue weighted by molar-refractivity contribution is 8.00. The van der Waals surface area contributed by atoms with E-state index < -0.39 is 5.97 Å². The van der Waals surface area contributed by atoms with Crippen molar-refractivity contribution >= 4 is 23.6 Å². The number of carbonyl (C=O) groups excluding carboxylic acids is 1. The van der Waals surface area contributed by atoms with Crippen LogP contribution in [0.25, 0.3) is 0 Å². The third-order valence-corrected chi connectivity index (χ3v) is 2.96. The predicted molar refractivity (Wildman–Crippen MR) is 55.0 cm³/mol. The maximum atomic E-state index is 11.6. The van der Waals surface area contributed by atoms with Crippen molar-refractivity contribution in [1.82, 2.24) is 4.57 Å². The number of carboxylic acids is 1. The lowest BCUT2D eigenvalue weighted by Crippen LogP contribution is -2.15. The summed E-state index contributed by atoms with van der Waals surface area (Å²) in [6.07, 6.45) is 2.84. The average molecular weight is 224 g/mol. The Kier molecular flexibility index (Phi) is 2.37. The third-order valence-electron chi connectivity index (χ3n) is 1.97. The van der Waals surface area contributed by atoms with E-state index in [2.05, 4.69) is 0 Å². The molecule has 1 unspecified atom stereocenters.